The summed E-state index contributed by atoms with van der Waals surface area (Å²) in [5, 5.41) is 23.2. The molecule has 0 aliphatic heterocycles. The minimum atomic E-state index is -0.879. The first-order valence-corrected chi connectivity index (χ1v) is 30.6. The van der Waals surface area contributed by atoms with E-state index in [1.165, 1.54) is 193 Å². The summed E-state index contributed by atoms with van der Waals surface area (Å²) in [6.07, 6.45) is 92.7. The highest BCUT2D eigenvalue weighted by atomic mass is 16.3. The van der Waals surface area contributed by atoms with Crippen LogP contribution in [0.3, 0.4) is 0 Å². The third kappa shape index (κ3) is 57.8. The summed E-state index contributed by atoms with van der Waals surface area (Å²) < 4.78 is 0. The van der Waals surface area contributed by atoms with E-state index < -0.39 is 12.1 Å². The minimum absolute atomic E-state index is 0.0822. The van der Waals surface area contributed by atoms with Gasteiger partial charge in [0.15, 0.2) is 0 Å². The molecule has 4 heteroatoms. The maximum Gasteiger partial charge on any atom is 0.220 e. The van der Waals surface area contributed by atoms with E-state index in [2.05, 4.69) is 116 Å². The largest absolute Gasteiger partial charge is 0.394 e. The van der Waals surface area contributed by atoms with E-state index in [0.29, 0.717) is 6.42 Å². The quantitative estimate of drug-likeness (QED) is 0.0420. The predicted molar refractivity (Wildman–Crippen MR) is 317 cm³/mol. The van der Waals surface area contributed by atoms with E-state index in [1.54, 1.807) is 6.08 Å². The highest BCUT2D eigenvalue weighted by Crippen LogP contribution is 2.16. The topological polar surface area (TPSA) is 69.6 Å². The van der Waals surface area contributed by atoms with Gasteiger partial charge in [-0.3, -0.25) is 4.79 Å². The van der Waals surface area contributed by atoms with Crippen molar-refractivity contribution in [2.45, 2.75) is 302 Å². The van der Waals surface area contributed by atoms with E-state index in [1.807, 2.05) is 6.08 Å². The number of aliphatic hydroxyl groups excluding tert-OH is 2. The number of allylic oxidation sites excluding steroid dienone is 17. The Morgan fingerprint density at radius 1 is 0.352 bits per heavy atom. The highest BCUT2D eigenvalue weighted by Gasteiger charge is 2.18. The predicted octanol–water partition coefficient (Wildman–Crippen LogP) is 20.6. The lowest BCUT2D eigenvalue weighted by Gasteiger charge is -2.19. The number of hydrogen-bond donors (Lipinski definition) is 3. The van der Waals surface area contributed by atoms with E-state index in [-0.39, 0.29) is 12.5 Å². The van der Waals surface area contributed by atoms with Crippen LogP contribution in [0.1, 0.15) is 290 Å². The second-order valence-electron chi connectivity index (χ2n) is 20.4. The lowest BCUT2D eigenvalue weighted by atomic mass is 10.0. The van der Waals surface area contributed by atoms with Crippen molar-refractivity contribution in [3.8, 4) is 0 Å². The molecule has 0 aliphatic rings. The average molecular weight is 985 g/mol. The lowest BCUT2D eigenvalue weighted by Crippen LogP contribution is -2.45. The Balaban J connectivity index is 3.59. The summed E-state index contributed by atoms with van der Waals surface area (Å²) in [6, 6.07) is -0.655. The number of nitrogens with one attached hydrogen (secondary N) is 1. The molecular formula is C67H117NO3. The van der Waals surface area contributed by atoms with Crippen LogP contribution in [0, 0.1) is 0 Å². The molecule has 0 aromatic heterocycles. The Bertz CT molecular complexity index is 1350. The smallest absolute Gasteiger partial charge is 0.220 e. The van der Waals surface area contributed by atoms with E-state index >= 15 is 0 Å². The Hall–Kier alpha value is -2.95. The van der Waals surface area contributed by atoms with Gasteiger partial charge in [0.1, 0.15) is 0 Å². The van der Waals surface area contributed by atoms with Gasteiger partial charge < -0.3 is 15.5 Å². The van der Waals surface area contributed by atoms with Crippen LogP contribution < -0.4 is 5.32 Å². The van der Waals surface area contributed by atoms with E-state index in [0.717, 1.165) is 77.0 Å². The molecule has 0 aromatic carbocycles. The van der Waals surface area contributed by atoms with Crippen LogP contribution in [-0.2, 0) is 4.79 Å². The molecule has 0 rings (SSSR count). The number of rotatable bonds is 55. The van der Waals surface area contributed by atoms with Crippen LogP contribution in [0.5, 0.6) is 0 Å². The summed E-state index contributed by atoms with van der Waals surface area (Å²) in [5.41, 5.74) is 0. The molecule has 0 spiro atoms. The van der Waals surface area contributed by atoms with Crippen LogP contribution >= 0.6 is 0 Å². The van der Waals surface area contributed by atoms with Gasteiger partial charge in [0.05, 0.1) is 18.8 Å². The molecule has 0 heterocycles. The monoisotopic (exact) mass is 984 g/mol. The number of amides is 1. The first-order chi connectivity index (χ1) is 35.2. The first kappa shape index (κ1) is 68.0. The van der Waals surface area contributed by atoms with Gasteiger partial charge in [-0.1, -0.05) is 297 Å². The summed E-state index contributed by atoms with van der Waals surface area (Å²) in [7, 11) is 0. The molecule has 2 atom stereocenters. The van der Waals surface area contributed by atoms with Gasteiger partial charge >= 0.3 is 0 Å². The number of aliphatic hydroxyl groups is 2. The number of hydrogen-bond acceptors (Lipinski definition) is 3. The summed E-state index contributed by atoms with van der Waals surface area (Å²) >= 11 is 0. The van der Waals surface area contributed by atoms with Crippen molar-refractivity contribution in [3.05, 3.63) is 109 Å². The van der Waals surface area contributed by atoms with Crippen molar-refractivity contribution in [2.24, 2.45) is 0 Å². The average Bonchev–Trinajstić information content (AvgIpc) is 3.37. The molecule has 3 N–H and O–H groups in total. The van der Waals surface area contributed by atoms with Crippen LogP contribution in [0.2, 0.25) is 0 Å². The molecule has 2 unspecified atom stereocenters. The maximum atomic E-state index is 12.5. The van der Waals surface area contributed by atoms with Crippen molar-refractivity contribution < 1.29 is 15.0 Å². The zero-order valence-electron chi connectivity index (χ0n) is 47.0. The molecule has 0 aromatic rings. The van der Waals surface area contributed by atoms with Gasteiger partial charge in [0, 0.05) is 6.42 Å². The Morgan fingerprint density at radius 3 is 0.986 bits per heavy atom. The standard InChI is InChI=1S/C67H117NO3/c1-3-5-7-9-11-13-15-17-19-21-23-25-27-29-31-33-34-35-37-39-41-43-45-47-49-51-53-55-57-59-61-63-67(71)68-65(64-69)66(70)62-60-58-56-54-52-50-48-46-44-42-40-38-36-32-30-28-26-24-22-20-18-16-14-12-10-8-6-4-2/h5,7,11,13,17,19,23,25,29,31,34-35,44,46,52,54,60,62,65-66,69-70H,3-4,6,8-10,12,14-16,18,20-22,24,26-28,30,32-33,36-43,45,47-51,53,55-59,61,63-64H2,1-2H3,(H,68,71)/b7-5-,13-11-,19-17-,25-23-,31-29-,35-34-,46-44+,54-52+,62-60+. The second kappa shape index (κ2) is 61.4. The van der Waals surface area contributed by atoms with Crippen LogP contribution in [0.15, 0.2) is 109 Å². The van der Waals surface area contributed by atoms with Crippen molar-refractivity contribution in [1.82, 2.24) is 5.32 Å². The number of carbonyl (C=O) groups excluding carboxylic acids is 1. The van der Waals surface area contributed by atoms with Gasteiger partial charge in [0.2, 0.25) is 5.91 Å². The zero-order chi connectivity index (χ0) is 51.3. The lowest BCUT2D eigenvalue weighted by molar-refractivity contribution is -0.123. The fraction of sp³-hybridized carbons (Fsp3) is 0.716. The van der Waals surface area contributed by atoms with Crippen molar-refractivity contribution in [1.29, 1.82) is 0 Å². The highest BCUT2D eigenvalue weighted by molar-refractivity contribution is 5.76. The summed E-state index contributed by atoms with van der Waals surface area (Å²) in [6.45, 7) is 4.19. The van der Waals surface area contributed by atoms with Crippen LogP contribution in [0.25, 0.3) is 0 Å². The van der Waals surface area contributed by atoms with Gasteiger partial charge in [-0.2, -0.15) is 0 Å². The van der Waals surface area contributed by atoms with Crippen LogP contribution in [-0.4, -0.2) is 34.9 Å². The van der Waals surface area contributed by atoms with Gasteiger partial charge in [-0.05, 0) is 96.3 Å². The van der Waals surface area contributed by atoms with Gasteiger partial charge in [-0.15, -0.1) is 0 Å². The molecule has 1 amide bonds. The fourth-order valence-corrected chi connectivity index (χ4v) is 8.86. The zero-order valence-corrected chi connectivity index (χ0v) is 47.0. The van der Waals surface area contributed by atoms with Crippen molar-refractivity contribution in [3.63, 3.8) is 0 Å². The molecule has 0 bridgehead atoms. The van der Waals surface area contributed by atoms with Crippen LogP contribution in [0.4, 0.5) is 0 Å². The molecule has 71 heavy (non-hydrogen) atoms. The van der Waals surface area contributed by atoms with Crippen molar-refractivity contribution in [2.75, 3.05) is 6.61 Å². The summed E-state index contributed by atoms with van der Waals surface area (Å²) in [4.78, 5) is 12.5. The van der Waals surface area contributed by atoms with Crippen molar-refractivity contribution >= 4 is 5.91 Å². The molecule has 0 saturated heterocycles. The molecule has 4 nitrogen and oxygen atoms in total. The normalized spacial score (nSPS) is 13.6. The van der Waals surface area contributed by atoms with E-state index in [4.69, 9.17) is 0 Å². The first-order valence-electron chi connectivity index (χ1n) is 30.6. The minimum Gasteiger partial charge on any atom is -0.394 e. The van der Waals surface area contributed by atoms with E-state index in [9.17, 15) is 15.0 Å². The third-order valence-corrected chi connectivity index (χ3v) is 13.5. The molecule has 0 aliphatic carbocycles. The Morgan fingerprint density at radius 2 is 0.634 bits per heavy atom. The number of carbonyl (C=O) groups is 1. The summed E-state index contributed by atoms with van der Waals surface area (Å²) in [5.74, 6) is -0.0822. The Labute approximate surface area is 442 Å². The Kier molecular flexibility index (Phi) is 58.8. The molecule has 0 saturated carbocycles. The third-order valence-electron chi connectivity index (χ3n) is 13.5. The number of unbranched alkanes of at least 4 members (excludes halogenated alkanes) is 32. The second-order valence-corrected chi connectivity index (χ2v) is 20.4. The fourth-order valence-electron chi connectivity index (χ4n) is 8.86. The van der Waals surface area contributed by atoms with Gasteiger partial charge in [-0.25, -0.2) is 0 Å². The molecule has 408 valence electrons. The molecular weight excluding hydrogens is 867 g/mol. The van der Waals surface area contributed by atoms with Gasteiger partial charge in [0.25, 0.3) is 0 Å². The maximum absolute atomic E-state index is 12.5. The molecule has 0 fully saturated rings. The molecule has 0 radical (unpaired) electrons. The SMILES string of the molecule is CC/C=C\C/C=C\C/C=C\C/C=C\C/C=C\C/C=C\CCCCCCCCCCCCCCC(=O)NC(CO)C(O)/C=C/CC/C=C/CC/C=C/CCCCCCCCCCCCCCCCCCCC.